The molecule has 0 saturated carbocycles. The van der Waals surface area contributed by atoms with Crippen molar-refractivity contribution >= 4 is 49.4 Å². The summed E-state index contributed by atoms with van der Waals surface area (Å²) in [5.74, 6) is 0.810. The smallest absolute Gasteiger partial charge is 0.310 e. The van der Waals surface area contributed by atoms with Crippen LogP contribution in [0.3, 0.4) is 0 Å². The van der Waals surface area contributed by atoms with Crippen LogP contribution in [-0.4, -0.2) is 55.3 Å². The average Bonchev–Trinajstić information content (AvgIpc) is 3.38. The zero-order valence-corrected chi connectivity index (χ0v) is 21.3. The van der Waals surface area contributed by atoms with E-state index in [0.717, 1.165) is 33.1 Å². The number of piperidine rings is 1. The van der Waals surface area contributed by atoms with Crippen LogP contribution in [0.1, 0.15) is 35.8 Å². The SMILES string of the molecule is CCOC(=O)[C@@H]1CCCN(C(=O)c2cc3scc(Br)c3n2Cc2cc(OC)cc(OC)c2)C1. The molecule has 3 aromatic rings. The Balaban J connectivity index is 1.68. The molecule has 1 aromatic carbocycles. The highest BCUT2D eigenvalue weighted by Gasteiger charge is 2.31. The van der Waals surface area contributed by atoms with Crippen molar-refractivity contribution in [2.75, 3.05) is 33.9 Å². The number of fused-ring (bicyclic) bond motifs is 1. The second-order valence-electron chi connectivity index (χ2n) is 7.98. The summed E-state index contributed by atoms with van der Waals surface area (Å²) < 4.78 is 20.1. The van der Waals surface area contributed by atoms with Gasteiger partial charge in [0.15, 0.2) is 0 Å². The number of methoxy groups -OCH3 is 2. The van der Waals surface area contributed by atoms with E-state index in [2.05, 4.69) is 15.9 Å². The van der Waals surface area contributed by atoms with E-state index in [1.54, 1.807) is 37.4 Å². The lowest BCUT2D eigenvalue weighted by molar-refractivity contribution is -0.149. The molecule has 0 aliphatic carbocycles. The van der Waals surface area contributed by atoms with Crippen molar-refractivity contribution in [2.24, 2.45) is 5.92 Å². The first kappa shape index (κ1) is 23.6. The molecule has 1 aliphatic heterocycles. The summed E-state index contributed by atoms with van der Waals surface area (Å²) in [7, 11) is 3.24. The van der Waals surface area contributed by atoms with Gasteiger partial charge in [-0.2, -0.15) is 0 Å². The Kier molecular flexibility index (Phi) is 7.29. The topological polar surface area (TPSA) is 70.0 Å². The molecule has 3 heterocycles. The van der Waals surface area contributed by atoms with Crippen molar-refractivity contribution in [1.82, 2.24) is 9.47 Å². The van der Waals surface area contributed by atoms with Gasteiger partial charge in [0.05, 0.1) is 41.4 Å². The van der Waals surface area contributed by atoms with Crippen LogP contribution >= 0.6 is 27.3 Å². The Hall–Kier alpha value is -2.52. The van der Waals surface area contributed by atoms with Gasteiger partial charge < -0.3 is 23.7 Å². The Labute approximate surface area is 205 Å². The van der Waals surface area contributed by atoms with E-state index >= 15 is 0 Å². The second-order valence-corrected chi connectivity index (χ2v) is 9.74. The molecule has 1 aliphatic rings. The van der Waals surface area contributed by atoms with Crippen LogP contribution in [0, 0.1) is 5.92 Å². The van der Waals surface area contributed by atoms with Crippen molar-refractivity contribution in [2.45, 2.75) is 26.3 Å². The number of rotatable bonds is 7. The highest BCUT2D eigenvalue weighted by molar-refractivity contribution is 9.10. The zero-order chi connectivity index (χ0) is 23.5. The number of benzene rings is 1. The lowest BCUT2D eigenvalue weighted by atomic mass is 9.98. The molecule has 1 saturated heterocycles. The first-order valence-corrected chi connectivity index (χ1v) is 12.6. The summed E-state index contributed by atoms with van der Waals surface area (Å²) in [5, 5.41) is 2.03. The molecule has 33 heavy (non-hydrogen) atoms. The third kappa shape index (κ3) is 4.89. The monoisotopic (exact) mass is 534 g/mol. The third-order valence-electron chi connectivity index (χ3n) is 5.88. The first-order valence-electron chi connectivity index (χ1n) is 10.9. The van der Waals surface area contributed by atoms with Crippen LogP contribution in [-0.2, 0) is 16.1 Å². The van der Waals surface area contributed by atoms with Crippen molar-refractivity contribution in [3.63, 3.8) is 0 Å². The van der Waals surface area contributed by atoms with Crippen LogP contribution in [0.15, 0.2) is 34.1 Å². The Morgan fingerprint density at radius 1 is 1.15 bits per heavy atom. The highest BCUT2D eigenvalue weighted by atomic mass is 79.9. The summed E-state index contributed by atoms with van der Waals surface area (Å²) in [6.45, 7) is 3.63. The van der Waals surface area contributed by atoms with E-state index in [0.29, 0.717) is 43.4 Å². The number of carbonyl (C=O) groups excluding carboxylic acids is 2. The van der Waals surface area contributed by atoms with Crippen molar-refractivity contribution < 1.29 is 23.8 Å². The van der Waals surface area contributed by atoms with Gasteiger partial charge in [-0.05, 0) is 59.5 Å². The number of hydrogen-bond donors (Lipinski definition) is 0. The van der Waals surface area contributed by atoms with Crippen LogP contribution in [0.5, 0.6) is 11.5 Å². The normalized spacial score (nSPS) is 16.1. The summed E-state index contributed by atoms with van der Waals surface area (Å²) in [5.41, 5.74) is 2.53. The fourth-order valence-electron chi connectivity index (χ4n) is 4.29. The van der Waals surface area contributed by atoms with Gasteiger partial charge in [-0.15, -0.1) is 11.3 Å². The van der Waals surface area contributed by atoms with Gasteiger partial charge in [-0.1, -0.05) is 0 Å². The number of likely N-dealkylation sites (tertiary alicyclic amines) is 1. The number of ether oxygens (including phenoxy) is 3. The number of carbonyl (C=O) groups is 2. The standard InChI is InChI=1S/C24H27BrN2O5S/c1-4-32-24(29)16-6-5-7-26(13-16)23(28)20-11-21-22(19(25)14-33-21)27(20)12-15-8-17(30-2)10-18(9-15)31-3/h8-11,14,16H,4-7,12-13H2,1-3H3/t16-/m1/s1. The Bertz CT molecular complexity index is 1150. The molecule has 1 fully saturated rings. The van der Waals surface area contributed by atoms with Gasteiger partial charge in [-0.3, -0.25) is 9.59 Å². The molecule has 0 N–H and O–H groups in total. The highest BCUT2D eigenvalue weighted by Crippen LogP contribution is 2.35. The van der Waals surface area contributed by atoms with Gasteiger partial charge in [0.1, 0.15) is 17.2 Å². The predicted molar refractivity (Wildman–Crippen MR) is 131 cm³/mol. The van der Waals surface area contributed by atoms with Gasteiger partial charge >= 0.3 is 5.97 Å². The van der Waals surface area contributed by atoms with Crippen LogP contribution in [0.2, 0.25) is 0 Å². The van der Waals surface area contributed by atoms with Crippen molar-refractivity contribution in [3.05, 3.63) is 45.4 Å². The first-order chi connectivity index (χ1) is 15.9. The maximum Gasteiger partial charge on any atom is 0.310 e. The summed E-state index contributed by atoms with van der Waals surface area (Å²) >= 11 is 5.23. The molecule has 9 heteroatoms. The predicted octanol–water partition coefficient (Wildman–Crippen LogP) is 4.95. The zero-order valence-electron chi connectivity index (χ0n) is 18.9. The third-order valence-corrected chi connectivity index (χ3v) is 7.70. The number of amides is 1. The summed E-state index contributed by atoms with van der Waals surface area (Å²) in [6, 6.07) is 7.66. The van der Waals surface area contributed by atoms with Gasteiger partial charge in [-0.25, -0.2) is 0 Å². The molecule has 0 bridgehead atoms. The average molecular weight is 535 g/mol. The largest absolute Gasteiger partial charge is 0.497 e. The van der Waals surface area contributed by atoms with E-state index in [-0.39, 0.29) is 17.8 Å². The van der Waals surface area contributed by atoms with E-state index < -0.39 is 0 Å². The molecule has 7 nitrogen and oxygen atoms in total. The molecule has 1 atom stereocenters. The number of hydrogen-bond acceptors (Lipinski definition) is 6. The molecule has 176 valence electrons. The van der Waals surface area contributed by atoms with Gasteiger partial charge in [0, 0.05) is 31.1 Å². The molecule has 2 aromatic heterocycles. The second kappa shape index (κ2) is 10.2. The molecule has 4 rings (SSSR count). The number of nitrogens with zero attached hydrogens (tertiary/aromatic N) is 2. The van der Waals surface area contributed by atoms with E-state index in [1.165, 1.54) is 0 Å². The Morgan fingerprint density at radius 2 is 1.88 bits per heavy atom. The molecular formula is C24H27BrN2O5S. The molecular weight excluding hydrogens is 508 g/mol. The quantitative estimate of drug-likeness (QED) is 0.401. The fourth-order valence-corrected chi connectivity index (χ4v) is 5.98. The molecule has 0 spiro atoms. The number of esters is 1. The number of thiophene rings is 1. The molecule has 0 radical (unpaired) electrons. The van der Waals surface area contributed by atoms with E-state index in [1.807, 2.05) is 34.2 Å². The lowest BCUT2D eigenvalue weighted by Gasteiger charge is -2.31. The fraction of sp³-hybridized carbons (Fsp3) is 0.417. The molecule has 1 amide bonds. The van der Waals surface area contributed by atoms with Gasteiger partial charge in [0.25, 0.3) is 5.91 Å². The summed E-state index contributed by atoms with van der Waals surface area (Å²) in [6.07, 6.45) is 1.52. The van der Waals surface area contributed by atoms with Crippen molar-refractivity contribution in [1.29, 1.82) is 0 Å². The minimum atomic E-state index is -0.276. The van der Waals surface area contributed by atoms with Crippen molar-refractivity contribution in [3.8, 4) is 11.5 Å². The maximum atomic E-state index is 13.7. The van der Waals surface area contributed by atoms with Crippen LogP contribution in [0.25, 0.3) is 10.2 Å². The van der Waals surface area contributed by atoms with E-state index in [4.69, 9.17) is 14.2 Å². The maximum absolute atomic E-state index is 13.7. The minimum Gasteiger partial charge on any atom is -0.497 e. The number of halogens is 1. The van der Waals surface area contributed by atoms with Crippen LogP contribution in [0.4, 0.5) is 0 Å². The minimum absolute atomic E-state index is 0.0749. The lowest BCUT2D eigenvalue weighted by Crippen LogP contribution is -2.43. The van der Waals surface area contributed by atoms with Gasteiger partial charge in [0.2, 0.25) is 0 Å². The number of aromatic nitrogens is 1. The molecule has 0 unspecified atom stereocenters. The van der Waals surface area contributed by atoms with E-state index in [9.17, 15) is 9.59 Å². The summed E-state index contributed by atoms with van der Waals surface area (Å²) in [4.78, 5) is 27.7. The Morgan fingerprint density at radius 3 is 2.55 bits per heavy atom. The van der Waals surface area contributed by atoms with Crippen LogP contribution < -0.4 is 9.47 Å².